The summed E-state index contributed by atoms with van der Waals surface area (Å²) in [6, 6.07) is 6.30. The van der Waals surface area contributed by atoms with Crippen LogP contribution in [0.3, 0.4) is 0 Å². The van der Waals surface area contributed by atoms with Gasteiger partial charge in [0.25, 0.3) is 0 Å². The fraction of sp³-hybridized carbons (Fsp3) is 0.250. The molecule has 26 heavy (non-hydrogen) atoms. The molecule has 0 spiro atoms. The monoisotopic (exact) mass is 356 g/mol. The van der Waals surface area contributed by atoms with E-state index >= 15 is 0 Å². The number of rotatable bonds is 4. The van der Waals surface area contributed by atoms with Gasteiger partial charge in [-0.25, -0.2) is 0 Å². The van der Waals surface area contributed by atoms with Gasteiger partial charge in [-0.05, 0) is 38.1 Å². The first-order chi connectivity index (χ1) is 12.2. The van der Waals surface area contributed by atoms with Crippen LogP contribution in [0.2, 0.25) is 0 Å². The van der Waals surface area contributed by atoms with Crippen molar-refractivity contribution in [3.63, 3.8) is 0 Å². The molecule has 0 saturated heterocycles. The third-order valence-electron chi connectivity index (χ3n) is 3.99. The second-order valence-electron chi connectivity index (χ2n) is 6.50. The van der Waals surface area contributed by atoms with Crippen LogP contribution in [-0.2, 0) is 0 Å². The highest BCUT2D eigenvalue weighted by Crippen LogP contribution is 2.37. The third-order valence-corrected chi connectivity index (χ3v) is 3.99. The second kappa shape index (κ2) is 6.38. The fourth-order valence-corrected chi connectivity index (χ4v) is 2.75. The summed E-state index contributed by atoms with van der Waals surface area (Å²) in [5, 5.41) is 20.7. The zero-order valence-corrected chi connectivity index (χ0v) is 15.0. The number of benzene rings is 2. The molecular formula is C20H20O6. The smallest absolute Gasteiger partial charge is 0.204 e. The summed E-state index contributed by atoms with van der Waals surface area (Å²) >= 11 is 0. The van der Waals surface area contributed by atoms with E-state index < -0.39 is 5.60 Å². The molecule has 1 heterocycles. The molecule has 136 valence electrons. The molecule has 0 amide bonds. The van der Waals surface area contributed by atoms with Crippen LogP contribution in [-0.4, -0.2) is 30.0 Å². The Labute approximate surface area is 149 Å². The fourth-order valence-electron chi connectivity index (χ4n) is 2.75. The SMILES string of the molecule is COc1ccc2oc3c(O)cc(C=CC(C)(C)O)c(OC)c3c(=O)c2c1. The van der Waals surface area contributed by atoms with Gasteiger partial charge in [0.1, 0.15) is 22.5 Å². The van der Waals surface area contributed by atoms with Gasteiger partial charge in [-0.15, -0.1) is 0 Å². The zero-order valence-electron chi connectivity index (χ0n) is 15.0. The highest BCUT2D eigenvalue weighted by molar-refractivity contribution is 5.98. The van der Waals surface area contributed by atoms with Gasteiger partial charge in [0.05, 0.1) is 25.2 Å². The topological polar surface area (TPSA) is 89.1 Å². The summed E-state index contributed by atoms with van der Waals surface area (Å²) in [7, 11) is 2.94. The van der Waals surface area contributed by atoms with Crippen LogP contribution in [0.4, 0.5) is 0 Å². The van der Waals surface area contributed by atoms with E-state index in [1.807, 2.05) is 0 Å². The van der Waals surface area contributed by atoms with Gasteiger partial charge < -0.3 is 24.1 Å². The average Bonchev–Trinajstić information content (AvgIpc) is 2.60. The number of aliphatic hydroxyl groups is 1. The Morgan fingerprint density at radius 1 is 1.15 bits per heavy atom. The predicted octanol–water partition coefficient (Wildman–Crippen LogP) is 3.45. The highest BCUT2D eigenvalue weighted by Gasteiger charge is 2.19. The molecule has 0 aliphatic carbocycles. The minimum atomic E-state index is -1.06. The lowest BCUT2D eigenvalue weighted by Gasteiger charge is -2.13. The van der Waals surface area contributed by atoms with Crippen LogP contribution in [0.15, 0.2) is 39.6 Å². The van der Waals surface area contributed by atoms with Crippen molar-refractivity contribution in [2.24, 2.45) is 0 Å². The van der Waals surface area contributed by atoms with Gasteiger partial charge in [-0.1, -0.05) is 12.2 Å². The summed E-state index contributed by atoms with van der Waals surface area (Å²) < 4.78 is 16.3. The molecule has 6 heteroatoms. The van der Waals surface area contributed by atoms with Gasteiger partial charge in [0.15, 0.2) is 11.3 Å². The van der Waals surface area contributed by atoms with E-state index in [9.17, 15) is 15.0 Å². The quantitative estimate of drug-likeness (QED) is 0.696. The molecule has 0 radical (unpaired) electrons. The maximum absolute atomic E-state index is 13.1. The van der Waals surface area contributed by atoms with Gasteiger partial charge >= 0.3 is 0 Å². The van der Waals surface area contributed by atoms with E-state index in [0.717, 1.165) is 0 Å². The van der Waals surface area contributed by atoms with E-state index in [0.29, 0.717) is 22.3 Å². The number of hydrogen-bond acceptors (Lipinski definition) is 6. The molecule has 0 fully saturated rings. The molecule has 0 aliphatic heterocycles. The van der Waals surface area contributed by atoms with E-state index in [2.05, 4.69) is 0 Å². The van der Waals surface area contributed by atoms with Crippen molar-refractivity contribution >= 4 is 28.0 Å². The van der Waals surface area contributed by atoms with E-state index in [-0.39, 0.29) is 27.9 Å². The largest absolute Gasteiger partial charge is 0.504 e. The van der Waals surface area contributed by atoms with Crippen molar-refractivity contribution in [2.45, 2.75) is 19.4 Å². The number of hydrogen-bond donors (Lipinski definition) is 2. The van der Waals surface area contributed by atoms with E-state index in [1.54, 1.807) is 44.2 Å². The van der Waals surface area contributed by atoms with Crippen LogP contribution in [0.25, 0.3) is 28.0 Å². The van der Waals surface area contributed by atoms with Gasteiger partial charge in [0, 0.05) is 5.56 Å². The zero-order chi connectivity index (χ0) is 19.1. The minimum absolute atomic E-state index is 0.0462. The molecule has 0 unspecified atom stereocenters. The van der Waals surface area contributed by atoms with E-state index in [4.69, 9.17) is 13.9 Å². The van der Waals surface area contributed by atoms with Crippen LogP contribution < -0.4 is 14.9 Å². The molecule has 2 N–H and O–H groups in total. The van der Waals surface area contributed by atoms with Crippen molar-refractivity contribution in [1.82, 2.24) is 0 Å². The Hall–Kier alpha value is -2.99. The summed E-state index contributed by atoms with van der Waals surface area (Å²) in [6.45, 7) is 3.23. The van der Waals surface area contributed by atoms with Gasteiger partial charge in [-0.2, -0.15) is 0 Å². The molecule has 6 nitrogen and oxygen atoms in total. The molecule has 2 aromatic carbocycles. The molecule has 0 aliphatic rings. The molecule has 3 rings (SSSR count). The lowest BCUT2D eigenvalue weighted by Crippen LogP contribution is -2.13. The van der Waals surface area contributed by atoms with Crippen molar-refractivity contribution in [2.75, 3.05) is 14.2 Å². The number of aromatic hydroxyl groups is 1. The van der Waals surface area contributed by atoms with Crippen LogP contribution in [0.1, 0.15) is 19.4 Å². The lowest BCUT2D eigenvalue weighted by molar-refractivity contribution is 0.134. The third kappa shape index (κ3) is 3.11. The Bertz CT molecular complexity index is 1070. The van der Waals surface area contributed by atoms with Crippen molar-refractivity contribution in [3.8, 4) is 17.2 Å². The number of methoxy groups -OCH3 is 2. The number of ether oxygens (including phenoxy) is 2. The molecule has 0 saturated carbocycles. The van der Waals surface area contributed by atoms with Gasteiger partial charge in [0.2, 0.25) is 5.43 Å². The Kier molecular flexibility index (Phi) is 4.38. The normalized spacial score (nSPS) is 12.2. The van der Waals surface area contributed by atoms with Crippen molar-refractivity contribution in [3.05, 3.63) is 46.1 Å². The number of phenols is 1. The number of fused-ring (bicyclic) bond motifs is 2. The summed E-state index contributed by atoms with van der Waals surface area (Å²) in [5.41, 5.74) is -0.567. The van der Waals surface area contributed by atoms with Crippen LogP contribution in [0, 0.1) is 0 Å². The molecule has 1 aromatic heterocycles. The predicted molar refractivity (Wildman–Crippen MR) is 100 cm³/mol. The molecule has 0 atom stereocenters. The van der Waals surface area contributed by atoms with Crippen LogP contribution in [0.5, 0.6) is 17.2 Å². The first kappa shape index (κ1) is 17.8. The Balaban J connectivity index is 2.41. The first-order valence-electron chi connectivity index (χ1n) is 8.01. The maximum Gasteiger partial charge on any atom is 0.204 e. The minimum Gasteiger partial charge on any atom is -0.504 e. The average molecular weight is 356 g/mol. The summed E-state index contributed by atoms with van der Waals surface area (Å²) in [5.74, 6) is 0.591. The van der Waals surface area contributed by atoms with Crippen molar-refractivity contribution in [1.29, 1.82) is 0 Å². The standard InChI is InChI=1S/C20H20O6/c1-20(2,23)8-7-11-9-14(21)19-16(18(11)25-4)17(22)13-10-12(24-3)5-6-15(13)26-19/h5-10,21,23H,1-4H3. The van der Waals surface area contributed by atoms with Crippen LogP contribution >= 0.6 is 0 Å². The molecular weight excluding hydrogens is 336 g/mol. The highest BCUT2D eigenvalue weighted by atomic mass is 16.5. The maximum atomic E-state index is 13.1. The van der Waals surface area contributed by atoms with Crippen molar-refractivity contribution < 1.29 is 24.1 Å². The molecule has 3 aromatic rings. The summed E-state index contributed by atoms with van der Waals surface area (Å²) in [6.07, 6.45) is 3.13. The van der Waals surface area contributed by atoms with E-state index in [1.165, 1.54) is 20.3 Å². The Morgan fingerprint density at radius 2 is 1.88 bits per heavy atom. The number of phenolic OH excluding ortho intramolecular Hbond substituents is 1. The molecule has 0 bridgehead atoms. The summed E-state index contributed by atoms with van der Waals surface area (Å²) in [4.78, 5) is 13.1. The Morgan fingerprint density at radius 3 is 2.50 bits per heavy atom. The van der Waals surface area contributed by atoms with Gasteiger partial charge in [-0.3, -0.25) is 4.79 Å². The first-order valence-corrected chi connectivity index (χ1v) is 8.01. The lowest BCUT2D eigenvalue weighted by atomic mass is 10.0. The second-order valence-corrected chi connectivity index (χ2v) is 6.50.